The van der Waals surface area contributed by atoms with E-state index in [1.807, 2.05) is 55.9 Å². The number of hydrogen-bond donors (Lipinski definition) is 2. The van der Waals surface area contributed by atoms with E-state index in [2.05, 4.69) is 16.7 Å². The molecule has 3 amide bonds. The predicted octanol–water partition coefficient (Wildman–Crippen LogP) is 2.28. The third kappa shape index (κ3) is 6.02. The highest BCUT2D eigenvalue weighted by Gasteiger charge is 2.25. The van der Waals surface area contributed by atoms with Gasteiger partial charge in [0.1, 0.15) is 0 Å². The zero-order valence-corrected chi connectivity index (χ0v) is 16.4. The molecular formula is C20H32N4O2. The minimum Gasteiger partial charge on any atom is -0.351 e. The van der Waals surface area contributed by atoms with Crippen molar-refractivity contribution in [1.29, 1.82) is 0 Å². The molecular weight excluding hydrogens is 328 g/mol. The Hall–Kier alpha value is -2.08. The van der Waals surface area contributed by atoms with Gasteiger partial charge < -0.3 is 20.4 Å². The van der Waals surface area contributed by atoms with Gasteiger partial charge in [0.2, 0.25) is 0 Å². The second kappa shape index (κ2) is 9.57. The molecule has 2 rings (SSSR count). The average Bonchev–Trinajstić information content (AvgIpc) is 2.61. The molecule has 0 saturated carbocycles. The van der Waals surface area contributed by atoms with Crippen molar-refractivity contribution in [3.63, 3.8) is 0 Å². The van der Waals surface area contributed by atoms with Gasteiger partial charge >= 0.3 is 6.03 Å². The van der Waals surface area contributed by atoms with Crippen molar-refractivity contribution in [2.75, 3.05) is 40.3 Å². The molecule has 1 unspecified atom stereocenters. The lowest BCUT2D eigenvalue weighted by Crippen LogP contribution is -2.47. The number of likely N-dealkylation sites (N-methyl/N-ethyl adjacent to an activating group) is 1. The maximum absolute atomic E-state index is 12.4. The summed E-state index contributed by atoms with van der Waals surface area (Å²) in [6, 6.07) is 7.95. The number of urea groups is 1. The molecule has 1 aromatic rings. The Labute approximate surface area is 156 Å². The van der Waals surface area contributed by atoms with Crippen molar-refractivity contribution in [3.05, 3.63) is 35.4 Å². The first-order valence-corrected chi connectivity index (χ1v) is 9.45. The first-order valence-electron chi connectivity index (χ1n) is 9.45. The van der Waals surface area contributed by atoms with E-state index >= 15 is 0 Å². The molecule has 0 radical (unpaired) electrons. The van der Waals surface area contributed by atoms with E-state index in [0.717, 1.165) is 31.5 Å². The Morgan fingerprint density at radius 3 is 2.77 bits per heavy atom. The lowest BCUT2D eigenvalue weighted by Gasteiger charge is -2.33. The van der Waals surface area contributed by atoms with Crippen LogP contribution in [0.1, 0.15) is 48.5 Å². The number of likely N-dealkylation sites (tertiary alicyclic amines) is 1. The molecule has 1 heterocycles. The van der Waals surface area contributed by atoms with Crippen molar-refractivity contribution in [3.8, 4) is 0 Å². The summed E-state index contributed by atoms with van der Waals surface area (Å²) in [6.07, 6.45) is 2.02. The highest BCUT2D eigenvalue weighted by atomic mass is 16.2. The monoisotopic (exact) mass is 360 g/mol. The van der Waals surface area contributed by atoms with E-state index in [-0.39, 0.29) is 23.9 Å². The van der Waals surface area contributed by atoms with Crippen LogP contribution in [0.25, 0.3) is 0 Å². The summed E-state index contributed by atoms with van der Waals surface area (Å²) in [5, 5.41) is 5.92. The highest BCUT2D eigenvalue weighted by molar-refractivity contribution is 5.94. The van der Waals surface area contributed by atoms with Crippen LogP contribution in [0.4, 0.5) is 4.79 Å². The molecule has 0 bridgehead atoms. The second-order valence-corrected chi connectivity index (χ2v) is 7.57. The van der Waals surface area contributed by atoms with Gasteiger partial charge in [-0.05, 0) is 58.5 Å². The van der Waals surface area contributed by atoms with Gasteiger partial charge in [-0.1, -0.05) is 12.1 Å². The van der Waals surface area contributed by atoms with Crippen LogP contribution in [0.5, 0.6) is 0 Å². The van der Waals surface area contributed by atoms with E-state index in [4.69, 9.17) is 0 Å². The van der Waals surface area contributed by atoms with Crippen LogP contribution in [-0.4, -0.2) is 68.1 Å². The normalized spacial score (nSPS) is 17.5. The molecule has 6 heteroatoms. The summed E-state index contributed by atoms with van der Waals surface area (Å²) in [4.78, 5) is 28.6. The van der Waals surface area contributed by atoms with Crippen molar-refractivity contribution in [1.82, 2.24) is 20.4 Å². The molecule has 26 heavy (non-hydrogen) atoms. The summed E-state index contributed by atoms with van der Waals surface area (Å²) in [5.41, 5.74) is 1.82. The van der Waals surface area contributed by atoms with Gasteiger partial charge in [-0.25, -0.2) is 4.79 Å². The van der Waals surface area contributed by atoms with Crippen LogP contribution in [0.2, 0.25) is 0 Å². The Bertz CT molecular complexity index is 616. The maximum Gasteiger partial charge on any atom is 0.317 e. The summed E-state index contributed by atoms with van der Waals surface area (Å²) in [5.74, 6) is 0.232. The number of hydrogen-bond acceptors (Lipinski definition) is 3. The van der Waals surface area contributed by atoms with Crippen molar-refractivity contribution in [2.45, 2.75) is 38.6 Å². The Morgan fingerprint density at radius 1 is 1.31 bits per heavy atom. The van der Waals surface area contributed by atoms with Gasteiger partial charge in [0, 0.05) is 43.7 Å². The van der Waals surface area contributed by atoms with Crippen molar-refractivity contribution >= 4 is 11.9 Å². The van der Waals surface area contributed by atoms with Crippen LogP contribution in [0.15, 0.2) is 24.3 Å². The zero-order chi connectivity index (χ0) is 19.1. The average molecular weight is 361 g/mol. The first kappa shape index (κ1) is 20.2. The summed E-state index contributed by atoms with van der Waals surface area (Å²) >= 11 is 0. The molecule has 144 valence electrons. The fourth-order valence-electron chi connectivity index (χ4n) is 3.20. The largest absolute Gasteiger partial charge is 0.351 e. The van der Waals surface area contributed by atoms with E-state index in [1.165, 1.54) is 0 Å². The van der Waals surface area contributed by atoms with Gasteiger partial charge in [0.15, 0.2) is 0 Å². The summed E-state index contributed by atoms with van der Waals surface area (Å²) in [6.45, 7) is 6.87. The third-order valence-corrected chi connectivity index (χ3v) is 4.59. The number of nitrogens with zero attached hydrogens (tertiary/aromatic N) is 2. The second-order valence-electron chi connectivity index (χ2n) is 7.57. The minimum atomic E-state index is -0.0427. The standard InChI is InChI=1S/C20H32N4O2/c1-15(2)22-20(26)24-11-6-9-18(14-24)16-7-5-8-17(13-16)19(25)21-10-12-23(3)4/h5,7-8,13,15,18H,6,9-12,14H2,1-4H3,(H,21,25)(H,22,26). The van der Waals surface area contributed by atoms with E-state index in [9.17, 15) is 9.59 Å². The van der Waals surface area contributed by atoms with Crippen LogP contribution in [0.3, 0.4) is 0 Å². The topological polar surface area (TPSA) is 64.7 Å². The molecule has 1 fully saturated rings. The molecule has 1 aliphatic heterocycles. The van der Waals surface area contributed by atoms with Gasteiger partial charge in [-0.15, -0.1) is 0 Å². The SMILES string of the molecule is CC(C)NC(=O)N1CCCC(c2cccc(C(=O)NCCN(C)C)c2)C1. The molecule has 1 atom stereocenters. The maximum atomic E-state index is 12.4. The van der Waals surface area contributed by atoms with E-state index in [0.29, 0.717) is 18.7 Å². The van der Waals surface area contributed by atoms with Crippen LogP contribution in [0, 0.1) is 0 Å². The molecule has 0 aromatic heterocycles. The fraction of sp³-hybridized carbons (Fsp3) is 0.600. The smallest absolute Gasteiger partial charge is 0.317 e. The van der Waals surface area contributed by atoms with E-state index < -0.39 is 0 Å². The molecule has 1 aromatic carbocycles. The molecule has 0 aliphatic carbocycles. The molecule has 6 nitrogen and oxygen atoms in total. The third-order valence-electron chi connectivity index (χ3n) is 4.59. The fourth-order valence-corrected chi connectivity index (χ4v) is 3.20. The number of piperidine rings is 1. The number of carbonyl (C=O) groups excluding carboxylic acids is 2. The van der Waals surface area contributed by atoms with Gasteiger partial charge in [0.05, 0.1) is 0 Å². The lowest BCUT2D eigenvalue weighted by molar-refractivity contribution is 0.0950. The molecule has 0 spiro atoms. The Morgan fingerprint density at radius 2 is 2.08 bits per heavy atom. The Kier molecular flexibility index (Phi) is 7.45. The van der Waals surface area contributed by atoms with Crippen LogP contribution >= 0.6 is 0 Å². The predicted molar refractivity (Wildman–Crippen MR) is 105 cm³/mol. The number of rotatable bonds is 6. The van der Waals surface area contributed by atoms with Crippen molar-refractivity contribution < 1.29 is 9.59 Å². The molecule has 1 aliphatic rings. The van der Waals surface area contributed by atoms with E-state index in [1.54, 1.807) is 0 Å². The van der Waals surface area contributed by atoms with Gasteiger partial charge in [-0.2, -0.15) is 0 Å². The number of nitrogens with one attached hydrogen (secondary N) is 2. The number of carbonyl (C=O) groups is 2. The van der Waals surface area contributed by atoms with Crippen molar-refractivity contribution in [2.24, 2.45) is 0 Å². The molecule has 2 N–H and O–H groups in total. The highest BCUT2D eigenvalue weighted by Crippen LogP contribution is 2.27. The molecule has 1 saturated heterocycles. The zero-order valence-electron chi connectivity index (χ0n) is 16.4. The Balaban J connectivity index is 2.00. The van der Waals surface area contributed by atoms with Gasteiger partial charge in [0.25, 0.3) is 5.91 Å². The quantitative estimate of drug-likeness (QED) is 0.818. The summed E-state index contributed by atoms with van der Waals surface area (Å²) in [7, 11) is 3.97. The van der Waals surface area contributed by atoms with Crippen LogP contribution in [-0.2, 0) is 0 Å². The number of benzene rings is 1. The number of amides is 3. The van der Waals surface area contributed by atoms with Crippen LogP contribution < -0.4 is 10.6 Å². The first-order chi connectivity index (χ1) is 12.4. The van der Waals surface area contributed by atoms with Gasteiger partial charge in [-0.3, -0.25) is 4.79 Å². The lowest BCUT2D eigenvalue weighted by atomic mass is 9.89. The minimum absolute atomic E-state index is 0.00211. The summed E-state index contributed by atoms with van der Waals surface area (Å²) < 4.78 is 0.